The van der Waals surface area contributed by atoms with Crippen molar-refractivity contribution in [1.82, 2.24) is 4.98 Å². The number of methoxy groups -OCH3 is 3. The second-order valence-electron chi connectivity index (χ2n) is 8.58. The van der Waals surface area contributed by atoms with Crippen LogP contribution in [0.1, 0.15) is 27.9 Å². The van der Waals surface area contributed by atoms with Crippen LogP contribution in [0.5, 0.6) is 23.0 Å². The lowest BCUT2D eigenvalue weighted by atomic mass is 10.0. The lowest BCUT2D eigenvalue weighted by molar-refractivity contribution is -0.126. The van der Waals surface area contributed by atoms with E-state index in [1.807, 2.05) is 6.07 Å². The van der Waals surface area contributed by atoms with Gasteiger partial charge in [-0.05, 0) is 47.5 Å². The van der Waals surface area contributed by atoms with Gasteiger partial charge in [0.25, 0.3) is 0 Å². The van der Waals surface area contributed by atoms with E-state index < -0.39 is 5.97 Å². The third-order valence-electron chi connectivity index (χ3n) is 5.90. The van der Waals surface area contributed by atoms with E-state index in [-0.39, 0.29) is 30.8 Å². The van der Waals surface area contributed by atoms with Gasteiger partial charge in [0, 0.05) is 30.5 Å². The van der Waals surface area contributed by atoms with E-state index in [9.17, 15) is 14.4 Å². The monoisotopic (exact) mass is 513 g/mol. The number of nitrogens with zero attached hydrogens (tertiary/aromatic N) is 1. The van der Waals surface area contributed by atoms with E-state index in [4.69, 9.17) is 18.9 Å². The molecule has 0 aliphatic carbocycles. The first-order valence-electron chi connectivity index (χ1n) is 11.9. The van der Waals surface area contributed by atoms with Crippen LogP contribution in [0.4, 0.5) is 0 Å². The summed E-state index contributed by atoms with van der Waals surface area (Å²) in [6.45, 7) is 0. The van der Waals surface area contributed by atoms with Gasteiger partial charge in [0.2, 0.25) is 0 Å². The molecule has 0 atom stereocenters. The molecule has 194 valence electrons. The van der Waals surface area contributed by atoms with E-state index >= 15 is 0 Å². The summed E-state index contributed by atoms with van der Waals surface area (Å²) in [4.78, 5) is 41.0. The first-order chi connectivity index (χ1) is 18.4. The highest BCUT2D eigenvalue weighted by molar-refractivity contribution is 6.01. The number of rotatable bonds is 11. The molecule has 1 heterocycles. The third kappa shape index (κ3) is 6.34. The second-order valence-corrected chi connectivity index (χ2v) is 8.58. The smallest absolute Gasteiger partial charge is 0.337 e. The lowest BCUT2D eigenvalue weighted by Crippen LogP contribution is -2.12. The van der Waals surface area contributed by atoms with Crippen LogP contribution in [0.25, 0.3) is 10.9 Å². The van der Waals surface area contributed by atoms with Crippen LogP contribution in [0.2, 0.25) is 0 Å². The number of ether oxygens (including phenoxy) is 4. The molecular weight excluding hydrogens is 486 g/mol. The van der Waals surface area contributed by atoms with Gasteiger partial charge in [-0.2, -0.15) is 0 Å². The van der Waals surface area contributed by atoms with Gasteiger partial charge in [-0.3, -0.25) is 14.6 Å². The molecule has 0 bridgehead atoms. The Morgan fingerprint density at radius 1 is 0.737 bits per heavy atom. The second kappa shape index (κ2) is 12.0. The molecule has 8 heteroatoms. The number of hydrogen-bond donors (Lipinski definition) is 0. The van der Waals surface area contributed by atoms with Crippen LogP contribution in [-0.2, 0) is 27.2 Å². The van der Waals surface area contributed by atoms with Gasteiger partial charge in [-0.1, -0.05) is 24.3 Å². The van der Waals surface area contributed by atoms with Gasteiger partial charge in [-0.25, -0.2) is 4.79 Å². The van der Waals surface area contributed by atoms with Crippen LogP contribution >= 0.6 is 0 Å². The molecule has 3 aromatic carbocycles. The van der Waals surface area contributed by atoms with E-state index in [1.165, 1.54) is 7.11 Å². The quantitative estimate of drug-likeness (QED) is 0.201. The number of aromatic nitrogens is 1. The highest BCUT2D eigenvalue weighted by atomic mass is 16.5. The highest BCUT2D eigenvalue weighted by Crippen LogP contribution is 2.36. The number of benzene rings is 3. The van der Waals surface area contributed by atoms with Crippen molar-refractivity contribution in [2.45, 2.75) is 19.3 Å². The normalized spacial score (nSPS) is 10.6. The summed E-state index contributed by atoms with van der Waals surface area (Å²) < 4.78 is 21.5. The number of esters is 1. The predicted molar refractivity (Wildman–Crippen MR) is 141 cm³/mol. The minimum atomic E-state index is -0.472. The largest absolute Gasteiger partial charge is 0.493 e. The minimum absolute atomic E-state index is 0.0693. The zero-order chi connectivity index (χ0) is 27.1. The zero-order valence-corrected chi connectivity index (χ0v) is 21.4. The molecular formula is C30H27NO7. The van der Waals surface area contributed by atoms with Crippen molar-refractivity contribution < 1.29 is 33.3 Å². The fourth-order valence-electron chi connectivity index (χ4n) is 4.07. The van der Waals surface area contributed by atoms with Crippen LogP contribution in [0.15, 0.2) is 72.9 Å². The first kappa shape index (κ1) is 26.3. The number of fused-ring (bicyclic) bond motifs is 1. The molecule has 0 N–H and O–H groups in total. The molecule has 4 aromatic rings. The van der Waals surface area contributed by atoms with Crippen molar-refractivity contribution in [2.24, 2.45) is 0 Å². The molecule has 1 aromatic heterocycles. The number of ketones is 2. The van der Waals surface area contributed by atoms with Crippen LogP contribution < -0.4 is 14.2 Å². The van der Waals surface area contributed by atoms with E-state index in [1.54, 1.807) is 81.1 Å². The Balaban J connectivity index is 1.37. The number of Topliss-reactive ketones (excluding diaryl/α,β-unsaturated/α-hetero) is 2. The SMILES string of the molecule is COC(=O)c1cccc(CC(=O)CC(=O)Cc2ccc(Oc3ccnc4cc(OC)c(OC)cc34)cc2)c1. The number of carbonyl (C=O) groups excluding carboxylic acids is 3. The highest BCUT2D eigenvalue weighted by Gasteiger charge is 2.14. The van der Waals surface area contributed by atoms with Crippen molar-refractivity contribution in [2.75, 3.05) is 21.3 Å². The molecule has 0 radical (unpaired) electrons. The molecule has 0 aliphatic rings. The molecule has 0 unspecified atom stereocenters. The van der Waals surface area contributed by atoms with Crippen molar-refractivity contribution >= 4 is 28.4 Å². The van der Waals surface area contributed by atoms with Gasteiger partial charge in [-0.15, -0.1) is 0 Å². The average Bonchev–Trinajstić information content (AvgIpc) is 2.93. The van der Waals surface area contributed by atoms with Gasteiger partial charge >= 0.3 is 5.97 Å². The van der Waals surface area contributed by atoms with Crippen LogP contribution in [0, 0.1) is 0 Å². The number of hydrogen-bond acceptors (Lipinski definition) is 8. The van der Waals surface area contributed by atoms with E-state index in [0.717, 1.165) is 10.9 Å². The van der Waals surface area contributed by atoms with Crippen LogP contribution in [0.3, 0.4) is 0 Å². The molecule has 0 amide bonds. The standard InChI is InChI=1S/C30H27NO7/c1-35-28-17-25-26(18-29(28)36-2)31-12-11-27(25)38-24-9-7-19(8-10-24)14-22(32)16-23(33)15-20-5-4-6-21(13-20)30(34)37-3/h4-13,17-18H,14-16H2,1-3H3. The predicted octanol–water partition coefficient (Wildman–Crippen LogP) is 5.14. The van der Waals surface area contributed by atoms with E-state index in [2.05, 4.69) is 4.98 Å². The molecule has 0 saturated carbocycles. The number of carbonyl (C=O) groups is 3. The lowest BCUT2D eigenvalue weighted by Gasteiger charge is -2.12. The van der Waals surface area contributed by atoms with E-state index in [0.29, 0.717) is 39.6 Å². The minimum Gasteiger partial charge on any atom is -0.493 e. The fourth-order valence-corrected chi connectivity index (χ4v) is 4.07. The maximum Gasteiger partial charge on any atom is 0.337 e. The Labute approximate surface area is 220 Å². The summed E-state index contributed by atoms with van der Waals surface area (Å²) in [5, 5.41) is 0.764. The van der Waals surface area contributed by atoms with Gasteiger partial charge in [0.1, 0.15) is 23.1 Å². The molecule has 0 saturated heterocycles. The molecule has 0 aliphatic heterocycles. The summed E-state index contributed by atoms with van der Waals surface area (Å²) in [6, 6.07) is 19.1. The van der Waals surface area contributed by atoms with Gasteiger partial charge in [0.15, 0.2) is 11.5 Å². The zero-order valence-electron chi connectivity index (χ0n) is 21.4. The Morgan fingerprint density at radius 2 is 1.42 bits per heavy atom. The summed E-state index contributed by atoms with van der Waals surface area (Å²) in [6.07, 6.45) is 1.66. The average molecular weight is 514 g/mol. The summed E-state index contributed by atoms with van der Waals surface area (Å²) in [7, 11) is 4.43. The Morgan fingerprint density at radius 3 is 2.11 bits per heavy atom. The Bertz CT molecular complexity index is 1480. The maximum atomic E-state index is 12.5. The van der Waals surface area contributed by atoms with Crippen molar-refractivity contribution in [3.05, 3.63) is 89.6 Å². The van der Waals surface area contributed by atoms with Crippen molar-refractivity contribution in [3.63, 3.8) is 0 Å². The fraction of sp³-hybridized carbons (Fsp3) is 0.200. The molecule has 0 fully saturated rings. The Hall–Kier alpha value is -4.72. The topological polar surface area (TPSA) is 101 Å². The molecule has 4 rings (SSSR count). The molecule has 0 spiro atoms. The first-order valence-corrected chi connectivity index (χ1v) is 11.9. The van der Waals surface area contributed by atoms with Crippen molar-refractivity contribution in [3.8, 4) is 23.0 Å². The summed E-state index contributed by atoms with van der Waals surface area (Å²) in [5.74, 6) is 1.46. The van der Waals surface area contributed by atoms with Gasteiger partial charge in [0.05, 0.1) is 38.8 Å². The van der Waals surface area contributed by atoms with Crippen molar-refractivity contribution in [1.29, 1.82) is 0 Å². The molecule has 8 nitrogen and oxygen atoms in total. The van der Waals surface area contributed by atoms with Crippen LogP contribution in [-0.4, -0.2) is 43.8 Å². The maximum absolute atomic E-state index is 12.5. The summed E-state index contributed by atoms with van der Waals surface area (Å²) in [5.41, 5.74) is 2.50. The Kier molecular flexibility index (Phi) is 8.33. The molecule has 38 heavy (non-hydrogen) atoms. The summed E-state index contributed by atoms with van der Waals surface area (Å²) >= 11 is 0. The third-order valence-corrected chi connectivity index (χ3v) is 5.90. The van der Waals surface area contributed by atoms with Gasteiger partial charge < -0.3 is 18.9 Å². The number of pyridine rings is 1.